The molecular weight excluding hydrogens is 283 g/mol. The summed E-state index contributed by atoms with van der Waals surface area (Å²) < 4.78 is 35.7. The monoisotopic (exact) mass is 303 g/mol. The van der Waals surface area contributed by atoms with Crippen molar-refractivity contribution in [3.05, 3.63) is 35.9 Å². The molecule has 0 aromatic heterocycles. The van der Waals surface area contributed by atoms with E-state index in [0.717, 1.165) is 19.3 Å². The highest BCUT2D eigenvalue weighted by Crippen LogP contribution is 2.22. The first-order chi connectivity index (χ1) is 9.99. The lowest BCUT2D eigenvalue weighted by Crippen LogP contribution is -2.21. The fourth-order valence-electron chi connectivity index (χ4n) is 1.80. The van der Waals surface area contributed by atoms with Crippen LogP contribution in [0.4, 0.5) is 13.2 Å². The smallest absolute Gasteiger partial charge is 0.367 e. The zero-order valence-electron chi connectivity index (χ0n) is 11.8. The van der Waals surface area contributed by atoms with Crippen molar-refractivity contribution in [2.75, 3.05) is 6.54 Å². The average Bonchev–Trinajstić information content (AvgIpc) is 2.45. The molecule has 0 radical (unpaired) electrons. The van der Waals surface area contributed by atoms with Crippen LogP contribution >= 0.6 is 0 Å². The molecule has 1 N–H and O–H groups in total. The average molecular weight is 303 g/mol. The number of nitrogens with one attached hydrogen (secondary N) is 1. The molecule has 21 heavy (non-hydrogen) atoms. The minimum atomic E-state index is -4.05. The Bertz CT molecular complexity index is 407. The van der Waals surface area contributed by atoms with Crippen molar-refractivity contribution in [1.82, 2.24) is 5.48 Å². The van der Waals surface area contributed by atoms with Gasteiger partial charge in [0.25, 0.3) is 0 Å². The first kappa shape index (κ1) is 17.5. The van der Waals surface area contributed by atoms with E-state index in [1.54, 1.807) is 24.3 Å². The van der Waals surface area contributed by atoms with E-state index in [4.69, 9.17) is 4.84 Å². The number of hydrogen-bond acceptors (Lipinski definition) is 3. The van der Waals surface area contributed by atoms with Gasteiger partial charge < -0.3 is 4.84 Å². The van der Waals surface area contributed by atoms with Crippen molar-refractivity contribution >= 4 is 5.97 Å². The maximum atomic E-state index is 11.9. The summed E-state index contributed by atoms with van der Waals surface area (Å²) in [4.78, 5) is 16.4. The largest absolute Gasteiger partial charge is 0.389 e. The first-order valence-corrected chi connectivity index (χ1v) is 7.05. The maximum absolute atomic E-state index is 11.9. The summed E-state index contributed by atoms with van der Waals surface area (Å²) in [6.07, 6.45) is -1.68. The molecular formula is C15H20F3NO2. The van der Waals surface area contributed by atoms with E-state index < -0.39 is 18.6 Å². The Kier molecular flexibility index (Phi) is 7.82. The first-order valence-electron chi connectivity index (χ1n) is 7.05. The summed E-state index contributed by atoms with van der Waals surface area (Å²) in [5.41, 5.74) is 3.04. The van der Waals surface area contributed by atoms with Gasteiger partial charge in [-0.2, -0.15) is 18.7 Å². The third kappa shape index (κ3) is 9.07. The highest BCUT2D eigenvalue weighted by atomic mass is 19.4. The van der Waals surface area contributed by atoms with Gasteiger partial charge in [0.05, 0.1) is 5.56 Å². The number of rotatable bonds is 9. The van der Waals surface area contributed by atoms with E-state index in [1.807, 2.05) is 6.07 Å². The Hall–Kier alpha value is -1.56. The summed E-state index contributed by atoms with van der Waals surface area (Å²) in [5.74, 6) is -0.444. The molecule has 0 aliphatic rings. The van der Waals surface area contributed by atoms with Crippen LogP contribution in [0.2, 0.25) is 0 Å². The summed E-state index contributed by atoms with van der Waals surface area (Å²) >= 11 is 0. The van der Waals surface area contributed by atoms with Gasteiger partial charge in [0, 0.05) is 13.0 Å². The van der Waals surface area contributed by atoms with Crippen LogP contribution in [-0.2, 0) is 4.84 Å². The molecule has 1 rings (SSSR count). The van der Waals surface area contributed by atoms with E-state index in [1.165, 1.54) is 0 Å². The summed E-state index contributed by atoms with van der Waals surface area (Å²) in [5, 5.41) is 0. The quantitative estimate of drug-likeness (QED) is 0.547. The van der Waals surface area contributed by atoms with Gasteiger partial charge in [0.1, 0.15) is 0 Å². The summed E-state index contributed by atoms with van der Waals surface area (Å²) in [6.45, 7) is 0.498. The number of carbonyl (C=O) groups is 1. The molecule has 0 aliphatic heterocycles. The SMILES string of the molecule is O=C(ONCCCCCCCC(F)(F)F)c1ccccc1. The second-order valence-corrected chi connectivity index (χ2v) is 4.78. The van der Waals surface area contributed by atoms with Gasteiger partial charge in [0.15, 0.2) is 0 Å². The minimum Gasteiger partial charge on any atom is -0.367 e. The number of carbonyl (C=O) groups excluding carboxylic acids is 1. The molecule has 0 atom stereocenters. The number of alkyl halides is 3. The fourth-order valence-corrected chi connectivity index (χ4v) is 1.80. The van der Waals surface area contributed by atoms with Crippen molar-refractivity contribution < 1.29 is 22.8 Å². The number of halogens is 3. The summed E-state index contributed by atoms with van der Waals surface area (Å²) in [7, 11) is 0. The van der Waals surface area contributed by atoms with Crippen LogP contribution in [-0.4, -0.2) is 18.7 Å². The lowest BCUT2D eigenvalue weighted by molar-refractivity contribution is -0.135. The highest BCUT2D eigenvalue weighted by molar-refractivity contribution is 5.89. The van der Waals surface area contributed by atoms with E-state index in [2.05, 4.69) is 5.48 Å². The molecule has 0 aliphatic carbocycles. The predicted octanol–water partition coefficient (Wildman–Crippen LogP) is 4.25. The Morgan fingerprint density at radius 3 is 2.29 bits per heavy atom. The lowest BCUT2D eigenvalue weighted by Gasteiger charge is -2.07. The van der Waals surface area contributed by atoms with Crippen LogP contribution in [0.1, 0.15) is 48.9 Å². The van der Waals surface area contributed by atoms with Crippen molar-refractivity contribution in [2.24, 2.45) is 0 Å². The van der Waals surface area contributed by atoms with Crippen molar-refractivity contribution in [3.8, 4) is 0 Å². The zero-order valence-corrected chi connectivity index (χ0v) is 11.8. The number of hydroxylamine groups is 1. The summed E-state index contributed by atoms with van der Waals surface area (Å²) in [6, 6.07) is 8.62. The van der Waals surface area contributed by atoms with E-state index in [9.17, 15) is 18.0 Å². The Balaban J connectivity index is 1.94. The molecule has 1 aromatic carbocycles. The minimum absolute atomic E-state index is 0.180. The second kappa shape index (κ2) is 9.39. The Morgan fingerprint density at radius 1 is 1.00 bits per heavy atom. The Morgan fingerprint density at radius 2 is 1.62 bits per heavy atom. The molecule has 3 nitrogen and oxygen atoms in total. The topological polar surface area (TPSA) is 38.3 Å². The Labute approximate surface area is 122 Å². The standard InChI is InChI=1S/C15H20F3NO2/c16-15(17,18)11-7-2-1-3-8-12-19-21-14(20)13-9-5-4-6-10-13/h4-6,9-10,19H,1-3,7-8,11-12H2. The maximum Gasteiger partial charge on any atom is 0.389 e. The van der Waals surface area contributed by atoms with Gasteiger partial charge in [0.2, 0.25) is 0 Å². The third-order valence-corrected chi connectivity index (χ3v) is 2.91. The van der Waals surface area contributed by atoms with Crippen LogP contribution in [0, 0.1) is 0 Å². The molecule has 6 heteroatoms. The van der Waals surface area contributed by atoms with Crippen LogP contribution < -0.4 is 5.48 Å². The molecule has 0 bridgehead atoms. The van der Waals surface area contributed by atoms with E-state index >= 15 is 0 Å². The van der Waals surface area contributed by atoms with Crippen molar-refractivity contribution in [1.29, 1.82) is 0 Å². The fraction of sp³-hybridized carbons (Fsp3) is 0.533. The molecule has 1 aromatic rings. The van der Waals surface area contributed by atoms with Gasteiger partial charge in [-0.1, -0.05) is 37.5 Å². The van der Waals surface area contributed by atoms with Gasteiger partial charge in [-0.3, -0.25) is 0 Å². The molecule has 0 spiro atoms. The molecule has 0 unspecified atom stereocenters. The lowest BCUT2D eigenvalue weighted by atomic mass is 10.1. The molecule has 0 saturated heterocycles. The van der Waals surface area contributed by atoms with E-state index in [-0.39, 0.29) is 6.42 Å². The van der Waals surface area contributed by atoms with Gasteiger partial charge in [-0.05, 0) is 25.0 Å². The van der Waals surface area contributed by atoms with Gasteiger partial charge in [-0.15, -0.1) is 0 Å². The van der Waals surface area contributed by atoms with E-state index in [0.29, 0.717) is 18.5 Å². The molecule has 0 saturated carbocycles. The molecule has 0 amide bonds. The second-order valence-electron chi connectivity index (χ2n) is 4.78. The van der Waals surface area contributed by atoms with Crippen molar-refractivity contribution in [3.63, 3.8) is 0 Å². The zero-order chi connectivity index (χ0) is 15.6. The van der Waals surface area contributed by atoms with Crippen LogP contribution in [0.3, 0.4) is 0 Å². The molecule has 118 valence electrons. The van der Waals surface area contributed by atoms with Crippen LogP contribution in [0.25, 0.3) is 0 Å². The van der Waals surface area contributed by atoms with Gasteiger partial charge in [-0.25, -0.2) is 4.79 Å². The normalized spacial score (nSPS) is 11.4. The van der Waals surface area contributed by atoms with Crippen LogP contribution in [0.5, 0.6) is 0 Å². The molecule has 0 heterocycles. The third-order valence-electron chi connectivity index (χ3n) is 2.91. The number of hydrogen-bond donors (Lipinski definition) is 1. The number of unbranched alkanes of at least 4 members (excludes halogenated alkanes) is 4. The predicted molar refractivity (Wildman–Crippen MR) is 73.6 cm³/mol. The van der Waals surface area contributed by atoms with Gasteiger partial charge >= 0.3 is 12.1 Å². The highest BCUT2D eigenvalue weighted by Gasteiger charge is 2.25. The molecule has 0 fully saturated rings. The van der Waals surface area contributed by atoms with Crippen molar-refractivity contribution in [2.45, 2.75) is 44.7 Å². The number of benzene rings is 1. The van der Waals surface area contributed by atoms with Crippen LogP contribution in [0.15, 0.2) is 30.3 Å².